The zero-order valence-electron chi connectivity index (χ0n) is 21.3. The first-order valence-corrected chi connectivity index (χ1v) is 13.5. The number of carbonyl (C=O) groups is 2. The number of hydrogen-bond donors (Lipinski definition) is 4. The smallest absolute Gasteiger partial charge is 0.261 e. The number of benzene rings is 1. The molecule has 2 aromatic heterocycles. The van der Waals surface area contributed by atoms with Gasteiger partial charge in [0.15, 0.2) is 5.13 Å². The lowest BCUT2D eigenvalue weighted by atomic mass is 10.0. The molecule has 4 rings (SSSR count). The monoisotopic (exact) mass is 558 g/mol. The van der Waals surface area contributed by atoms with Crippen LogP contribution < -0.4 is 21.4 Å². The van der Waals surface area contributed by atoms with E-state index >= 15 is 0 Å². The van der Waals surface area contributed by atoms with Crippen LogP contribution in [0.5, 0.6) is 0 Å². The molecule has 0 unspecified atom stereocenters. The molecular formula is C25H31ClN8O3S. The fraction of sp³-hybridized carbons (Fsp3) is 0.400. The van der Waals surface area contributed by atoms with Crippen LogP contribution in [0.25, 0.3) is 11.3 Å². The van der Waals surface area contributed by atoms with Crippen molar-refractivity contribution in [3.05, 3.63) is 45.6 Å². The second kappa shape index (κ2) is 12.5. The Labute approximate surface area is 230 Å². The lowest BCUT2D eigenvalue weighted by Gasteiger charge is -2.35. The highest BCUT2D eigenvalue weighted by molar-refractivity contribution is 7.18. The molecule has 0 aliphatic carbocycles. The van der Waals surface area contributed by atoms with Crippen LogP contribution in [0.15, 0.2) is 24.3 Å². The maximum Gasteiger partial charge on any atom is 0.261 e. The predicted molar refractivity (Wildman–Crippen MR) is 148 cm³/mol. The van der Waals surface area contributed by atoms with E-state index in [9.17, 15) is 9.59 Å². The van der Waals surface area contributed by atoms with Crippen molar-refractivity contribution < 1.29 is 14.8 Å². The van der Waals surface area contributed by atoms with Gasteiger partial charge in [-0.2, -0.15) is 0 Å². The highest BCUT2D eigenvalue weighted by atomic mass is 35.5. The Morgan fingerprint density at radius 3 is 2.58 bits per heavy atom. The molecule has 3 heterocycles. The number of hydrogen-bond acceptors (Lipinski definition) is 10. The summed E-state index contributed by atoms with van der Waals surface area (Å²) in [6.45, 7) is 8.04. The van der Waals surface area contributed by atoms with E-state index in [1.165, 1.54) is 0 Å². The number of hydroxylamine groups is 1. The number of nitrogens with one attached hydrogen (secondary N) is 2. The molecule has 0 spiro atoms. The van der Waals surface area contributed by atoms with Crippen LogP contribution in [-0.4, -0.2) is 69.6 Å². The largest absolute Gasteiger partial charge is 0.365 e. The molecule has 202 valence electrons. The summed E-state index contributed by atoms with van der Waals surface area (Å²) in [6, 6.07) is 7.40. The Morgan fingerprint density at radius 1 is 1.13 bits per heavy atom. The Hall–Kier alpha value is -3.32. The molecular weight excluding hydrogens is 528 g/mol. The van der Waals surface area contributed by atoms with Gasteiger partial charge in [0, 0.05) is 44.2 Å². The molecule has 1 fully saturated rings. The fourth-order valence-electron chi connectivity index (χ4n) is 4.41. The van der Waals surface area contributed by atoms with Gasteiger partial charge in [0.1, 0.15) is 22.3 Å². The maximum absolute atomic E-state index is 12.2. The van der Waals surface area contributed by atoms with Crippen LogP contribution in [0.4, 0.5) is 16.8 Å². The molecule has 0 radical (unpaired) electrons. The van der Waals surface area contributed by atoms with E-state index in [2.05, 4.69) is 30.1 Å². The zero-order chi connectivity index (χ0) is 27.2. The van der Waals surface area contributed by atoms with E-state index in [0.29, 0.717) is 44.4 Å². The van der Waals surface area contributed by atoms with Crippen LogP contribution in [0.1, 0.15) is 40.3 Å². The number of unbranched alkanes of at least 4 members (excludes halogenated alkanes) is 1. The fourth-order valence-corrected chi connectivity index (χ4v) is 5.55. The van der Waals surface area contributed by atoms with E-state index < -0.39 is 5.91 Å². The third kappa shape index (κ3) is 6.76. The standard InChI is InChI=1S/C25H31ClN8O3S/c1-15-6-5-7-17(26)21(15)22-23(24(27)36)38-25(31-22)30-18-14-19(29-16(2)28-18)34-12-10-33(11-13-34)9-4-3-8-20(35)32-37/h5-7,14,37H,3-4,8-13H2,1-2H3,(H2,27,36)(H,32,35)(H,28,29,30,31). The van der Waals surface area contributed by atoms with Gasteiger partial charge in [0.05, 0.1) is 10.7 Å². The average Bonchev–Trinajstić information content (AvgIpc) is 3.29. The summed E-state index contributed by atoms with van der Waals surface area (Å²) in [7, 11) is 0. The van der Waals surface area contributed by atoms with Crippen molar-refractivity contribution in [2.75, 3.05) is 42.9 Å². The number of aryl methyl sites for hydroxylation is 2. The second-order valence-corrected chi connectivity index (χ2v) is 10.5. The van der Waals surface area contributed by atoms with Crippen LogP contribution in [-0.2, 0) is 4.79 Å². The van der Waals surface area contributed by atoms with E-state index in [-0.39, 0.29) is 5.91 Å². The molecule has 1 saturated heterocycles. The Kier molecular flexibility index (Phi) is 9.10. The number of amides is 2. The van der Waals surface area contributed by atoms with Crippen LogP contribution in [0.2, 0.25) is 5.02 Å². The molecule has 0 atom stereocenters. The summed E-state index contributed by atoms with van der Waals surface area (Å²) >= 11 is 7.60. The minimum atomic E-state index is -0.570. The number of primary amides is 1. The van der Waals surface area contributed by atoms with Gasteiger partial charge in [0.2, 0.25) is 5.91 Å². The number of halogens is 1. The molecule has 3 aromatic rings. The summed E-state index contributed by atoms with van der Waals surface area (Å²) < 4.78 is 0. The number of anilines is 3. The SMILES string of the molecule is Cc1nc(Nc2nc(-c3c(C)cccc3Cl)c(C(N)=O)s2)cc(N2CCN(CCCCC(=O)NO)CC2)n1. The molecule has 13 heteroatoms. The molecule has 38 heavy (non-hydrogen) atoms. The minimum Gasteiger partial charge on any atom is -0.365 e. The van der Waals surface area contributed by atoms with Crippen LogP contribution in [0, 0.1) is 13.8 Å². The summed E-state index contributed by atoms with van der Waals surface area (Å²) in [5, 5.41) is 12.8. The number of carbonyl (C=O) groups excluding carboxylic acids is 2. The van der Waals surface area contributed by atoms with E-state index in [0.717, 1.165) is 68.3 Å². The summed E-state index contributed by atoms with van der Waals surface area (Å²) in [5.41, 5.74) is 9.37. The Balaban J connectivity index is 1.44. The summed E-state index contributed by atoms with van der Waals surface area (Å²) in [4.78, 5) is 42.1. The minimum absolute atomic E-state index is 0.322. The third-order valence-corrected chi connectivity index (χ3v) is 7.62. The Morgan fingerprint density at radius 2 is 1.89 bits per heavy atom. The van der Waals surface area contributed by atoms with E-state index in [4.69, 9.17) is 22.5 Å². The van der Waals surface area contributed by atoms with Crippen molar-refractivity contribution in [2.24, 2.45) is 5.73 Å². The van der Waals surface area contributed by atoms with Gasteiger partial charge in [0.25, 0.3) is 5.91 Å². The quantitative estimate of drug-likeness (QED) is 0.166. The number of thiazole rings is 1. The average molecular weight is 559 g/mol. The summed E-state index contributed by atoms with van der Waals surface area (Å²) in [6.07, 6.45) is 1.95. The molecule has 1 aliphatic heterocycles. The normalized spacial score (nSPS) is 13.9. The summed E-state index contributed by atoms with van der Waals surface area (Å²) in [5.74, 6) is 1.08. The predicted octanol–water partition coefficient (Wildman–Crippen LogP) is 3.51. The maximum atomic E-state index is 12.2. The van der Waals surface area contributed by atoms with Gasteiger partial charge < -0.3 is 16.0 Å². The molecule has 0 saturated carbocycles. The molecule has 0 bridgehead atoms. The molecule has 11 nitrogen and oxygen atoms in total. The van der Waals surface area contributed by atoms with E-state index in [1.54, 1.807) is 11.5 Å². The van der Waals surface area contributed by atoms with Crippen LogP contribution in [0.3, 0.4) is 0 Å². The van der Waals surface area contributed by atoms with E-state index in [1.807, 2.05) is 32.0 Å². The highest BCUT2D eigenvalue weighted by Gasteiger charge is 2.22. The third-order valence-electron chi connectivity index (χ3n) is 6.32. The van der Waals surface area contributed by atoms with Gasteiger partial charge in [-0.05, 0) is 44.9 Å². The van der Waals surface area contributed by atoms with Gasteiger partial charge in [-0.15, -0.1) is 0 Å². The first kappa shape index (κ1) is 27.7. The number of nitrogens with two attached hydrogens (primary N) is 1. The van der Waals surface area contributed by atoms with Gasteiger partial charge >= 0.3 is 0 Å². The number of nitrogens with zero attached hydrogens (tertiary/aromatic N) is 5. The molecule has 2 amide bonds. The lowest BCUT2D eigenvalue weighted by molar-refractivity contribution is -0.129. The van der Waals surface area contributed by atoms with Gasteiger partial charge in [-0.3, -0.25) is 19.7 Å². The van der Waals surface area contributed by atoms with Gasteiger partial charge in [-0.25, -0.2) is 20.4 Å². The van der Waals surface area contributed by atoms with Gasteiger partial charge in [-0.1, -0.05) is 35.1 Å². The zero-order valence-corrected chi connectivity index (χ0v) is 22.9. The first-order chi connectivity index (χ1) is 18.2. The first-order valence-electron chi connectivity index (χ1n) is 12.3. The van der Waals surface area contributed by atoms with Crippen molar-refractivity contribution in [1.29, 1.82) is 0 Å². The van der Waals surface area contributed by atoms with Crippen molar-refractivity contribution in [1.82, 2.24) is 25.3 Å². The number of rotatable bonds is 10. The second-order valence-electron chi connectivity index (χ2n) is 9.10. The van der Waals surface area contributed by atoms with Crippen molar-refractivity contribution >= 4 is 51.5 Å². The van der Waals surface area contributed by atoms with Crippen LogP contribution >= 0.6 is 22.9 Å². The highest BCUT2D eigenvalue weighted by Crippen LogP contribution is 2.37. The lowest BCUT2D eigenvalue weighted by Crippen LogP contribution is -2.47. The number of piperazine rings is 1. The van der Waals surface area contributed by atoms with Crippen molar-refractivity contribution in [3.8, 4) is 11.3 Å². The molecule has 1 aromatic carbocycles. The molecule has 1 aliphatic rings. The van der Waals surface area contributed by atoms with Crippen molar-refractivity contribution in [2.45, 2.75) is 33.1 Å². The van der Waals surface area contributed by atoms with Crippen molar-refractivity contribution in [3.63, 3.8) is 0 Å². The topological polar surface area (TPSA) is 150 Å². The molecule has 5 N–H and O–H groups in total. The Bertz CT molecular complexity index is 1290. The number of aromatic nitrogens is 3.